The quantitative estimate of drug-likeness (QED) is 0.601. The molecule has 3 amide bonds. The molecule has 0 bridgehead atoms. The molecule has 0 radical (unpaired) electrons. The Morgan fingerprint density at radius 2 is 1.85 bits per heavy atom. The van der Waals surface area contributed by atoms with E-state index in [1.54, 1.807) is 36.4 Å². The Hall–Kier alpha value is -4.20. The number of hydrogen-bond donors (Lipinski definition) is 2. The van der Waals surface area contributed by atoms with E-state index < -0.39 is 5.91 Å². The van der Waals surface area contributed by atoms with Gasteiger partial charge in [-0.2, -0.15) is 5.10 Å². The molecule has 0 unspecified atom stereocenters. The molecule has 2 aromatic carbocycles. The Balaban J connectivity index is 1.53. The van der Waals surface area contributed by atoms with Crippen LogP contribution in [0.5, 0.6) is 0 Å². The number of rotatable bonds is 6. The van der Waals surface area contributed by atoms with Crippen LogP contribution in [0, 0.1) is 13.8 Å². The third-order valence-electron chi connectivity index (χ3n) is 5.31. The van der Waals surface area contributed by atoms with Gasteiger partial charge in [-0.3, -0.25) is 14.4 Å². The Morgan fingerprint density at radius 3 is 2.64 bits per heavy atom. The number of carbonyl (C=O) groups is 3. The molecule has 8 heteroatoms. The minimum absolute atomic E-state index is 0.169. The topological polar surface area (TPSA) is 104 Å². The zero-order valence-electron chi connectivity index (χ0n) is 18.4. The largest absolute Gasteiger partial charge is 0.467 e. The Labute approximate surface area is 191 Å². The number of aryl methyl sites for hydroxylation is 2. The lowest BCUT2D eigenvalue weighted by atomic mass is 10.1. The standard InChI is InChI=1S/C25H24N4O4/c1-16-9-10-17(2)22(14-16)29-23(30)12-11-21(28-29)25(32)27-20-8-4-3-7-19(20)24(31)26-15-18-6-5-13-33-18/h3-10,13-14H,11-12,15H2,1-2H3,(H,26,31)(H,27,32). The number of amides is 3. The number of nitrogens with one attached hydrogen (secondary N) is 2. The molecule has 0 saturated heterocycles. The second-order valence-electron chi connectivity index (χ2n) is 7.80. The first kappa shape index (κ1) is 22.0. The lowest BCUT2D eigenvalue weighted by molar-refractivity contribution is -0.118. The second kappa shape index (κ2) is 9.52. The van der Waals surface area contributed by atoms with E-state index in [9.17, 15) is 14.4 Å². The summed E-state index contributed by atoms with van der Waals surface area (Å²) in [4.78, 5) is 38.2. The van der Waals surface area contributed by atoms with Crippen molar-refractivity contribution in [1.82, 2.24) is 5.32 Å². The zero-order valence-corrected chi connectivity index (χ0v) is 18.4. The third kappa shape index (κ3) is 5.01. The van der Waals surface area contributed by atoms with Gasteiger partial charge < -0.3 is 15.1 Å². The maximum absolute atomic E-state index is 13.0. The highest BCUT2D eigenvalue weighted by Gasteiger charge is 2.27. The molecule has 1 aromatic heterocycles. The van der Waals surface area contributed by atoms with E-state index in [1.165, 1.54) is 11.3 Å². The molecule has 33 heavy (non-hydrogen) atoms. The molecule has 0 fully saturated rings. The average molecular weight is 444 g/mol. The van der Waals surface area contributed by atoms with E-state index in [2.05, 4.69) is 15.7 Å². The maximum Gasteiger partial charge on any atom is 0.271 e. The van der Waals surface area contributed by atoms with E-state index in [0.717, 1.165) is 11.1 Å². The molecule has 8 nitrogen and oxygen atoms in total. The molecule has 3 aromatic rings. The summed E-state index contributed by atoms with van der Waals surface area (Å²) in [6.07, 6.45) is 1.93. The van der Waals surface area contributed by atoms with Crippen molar-refractivity contribution in [2.24, 2.45) is 5.10 Å². The van der Waals surface area contributed by atoms with Crippen molar-refractivity contribution < 1.29 is 18.8 Å². The molecular weight excluding hydrogens is 420 g/mol. The number of anilines is 2. The van der Waals surface area contributed by atoms with Crippen molar-refractivity contribution in [3.63, 3.8) is 0 Å². The number of carbonyl (C=O) groups excluding carboxylic acids is 3. The zero-order chi connectivity index (χ0) is 23.4. The summed E-state index contributed by atoms with van der Waals surface area (Å²) in [5.41, 5.74) is 3.43. The van der Waals surface area contributed by atoms with Crippen LogP contribution in [0.1, 0.15) is 40.1 Å². The van der Waals surface area contributed by atoms with Crippen molar-refractivity contribution in [2.75, 3.05) is 10.3 Å². The van der Waals surface area contributed by atoms with Crippen LogP contribution in [0.25, 0.3) is 0 Å². The highest BCUT2D eigenvalue weighted by molar-refractivity contribution is 6.44. The summed E-state index contributed by atoms with van der Waals surface area (Å²) in [5.74, 6) is -0.347. The first-order valence-electron chi connectivity index (χ1n) is 10.6. The first-order chi connectivity index (χ1) is 15.9. The third-order valence-corrected chi connectivity index (χ3v) is 5.31. The van der Waals surface area contributed by atoms with Gasteiger partial charge in [0.05, 0.1) is 29.7 Å². The van der Waals surface area contributed by atoms with Gasteiger partial charge in [0.15, 0.2) is 0 Å². The van der Waals surface area contributed by atoms with Crippen LogP contribution < -0.4 is 15.6 Å². The molecule has 168 valence electrons. The van der Waals surface area contributed by atoms with Crippen molar-refractivity contribution >= 4 is 34.8 Å². The Bertz CT molecular complexity index is 1230. The highest BCUT2D eigenvalue weighted by Crippen LogP contribution is 2.26. The van der Waals surface area contributed by atoms with Crippen molar-refractivity contribution in [2.45, 2.75) is 33.2 Å². The SMILES string of the molecule is Cc1ccc(C)c(N2N=C(C(=O)Nc3ccccc3C(=O)NCc3ccco3)CCC2=O)c1. The van der Waals surface area contributed by atoms with Crippen LogP contribution in [0.15, 0.2) is 70.4 Å². The molecule has 1 aliphatic heterocycles. The van der Waals surface area contributed by atoms with Gasteiger partial charge in [0.2, 0.25) is 5.91 Å². The fourth-order valence-corrected chi connectivity index (χ4v) is 3.51. The summed E-state index contributed by atoms with van der Waals surface area (Å²) in [5, 5.41) is 11.2. The van der Waals surface area contributed by atoms with Crippen molar-refractivity contribution in [3.05, 3.63) is 83.3 Å². The van der Waals surface area contributed by atoms with Crippen LogP contribution >= 0.6 is 0 Å². The number of furan rings is 1. The second-order valence-corrected chi connectivity index (χ2v) is 7.80. The molecular formula is C25H24N4O4. The minimum Gasteiger partial charge on any atom is -0.467 e. The molecule has 4 rings (SSSR count). The monoisotopic (exact) mass is 444 g/mol. The normalized spacial score (nSPS) is 13.5. The molecule has 0 atom stereocenters. The molecule has 0 aliphatic carbocycles. The predicted molar refractivity (Wildman–Crippen MR) is 125 cm³/mol. The molecule has 0 spiro atoms. The van der Waals surface area contributed by atoms with Gasteiger partial charge in [-0.25, -0.2) is 5.01 Å². The molecule has 2 N–H and O–H groups in total. The molecule has 1 aliphatic rings. The van der Waals surface area contributed by atoms with Gasteiger partial charge in [0, 0.05) is 12.8 Å². The molecule has 0 saturated carbocycles. The van der Waals surface area contributed by atoms with Crippen molar-refractivity contribution in [1.29, 1.82) is 0 Å². The fraction of sp³-hybridized carbons (Fsp3) is 0.200. The summed E-state index contributed by atoms with van der Waals surface area (Å²) in [6.45, 7) is 4.06. The Kier molecular flexibility index (Phi) is 6.35. The number of hydrogen-bond acceptors (Lipinski definition) is 5. The summed E-state index contributed by atoms with van der Waals surface area (Å²) in [7, 11) is 0. The Morgan fingerprint density at radius 1 is 1.03 bits per heavy atom. The van der Waals surface area contributed by atoms with Crippen LogP contribution in [0.4, 0.5) is 11.4 Å². The van der Waals surface area contributed by atoms with Gasteiger partial charge in [0.1, 0.15) is 11.5 Å². The number of nitrogens with zero attached hydrogens (tertiary/aromatic N) is 2. The minimum atomic E-state index is -0.455. The van der Waals surface area contributed by atoms with Gasteiger partial charge in [-0.05, 0) is 55.3 Å². The smallest absolute Gasteiger partial charge is 0.271 e. The number of hydrazone groups is 1. The number of benzene rings is 2. The highest BCUT2D eigenvalue weighted by atomic mass is 16.3. The van der Waals surface area contributed by atoms with E-state index in [4.69, 9.17) is 4.42 Å². The van der Waals surface area contributed by atoms with Gasteiger partial charge in [0.25, 0.3) is 11.8 Å². The molecule has 2 heterocycles. The predicted octanol–water partition coefficient (Wildman–Crippen LogP) is 3.95. The summed E-state index contributed by atoms with van der Waals surface area (Å²) < 4.78 is 5.23. The summed E-state index contributed by atoms with van der Waals surface area (Å²) in [6, 6.07) is 16.0. The van der Waals surface area contributed by atoms with Gasteiger partial charge >= 0.3 is 0 Å². The lowest BCUT2D eigenvalue weighted by Gasteiger charge is -2.25. The van der Waals surface area contributed by atoms with E-state index in [0.29, 0.717) is 22.7 Å². The summed E-state index contributed by atoms with van der Waals surface area (Å²) >= 11 is 0. The fourth-order valence-electron chi connectivity index (χ4n) is 3.51. The average Bonchev–Trinajstić information content (AvgIpc) is 3.33. The van der Waals surface area contributed by atoms with E-state index in [-0.39, 0.29) is 36.9 Å². The van der Waals surface area contributed by atoms with Crippen LogP contribution in [0.3, 0.4) is 0 Å². The number of para-hydroxylation sites is 1. The van der Waals surface area contributed by atoms with Gasteiger partial charge in [-0.1, -0.05) is 24.3 Å². The van der Waals surface area contributed by atoms with Crippen LogP contribution in [-0.2, 0) is 16.1 Å². The van der Waals surface area contributed by atoms with E-state index in [1.807, 2.05) is 32.0 Å². The lowest BCUT2D eigenvalue weighted by Crippen LogP contribution is -2.37. The maximum atomic E-state index is 13.0. The van der Waals surface area contributed by atoms with Gasteiger partial charge in [-0.15, -0.1) is 0 Å². The van der Waals surface area contributed by atoms with Crippen molar-refractivity contribution in [3.8, 4) is 0 Å². The van der Waals surface area contributed by atoms with E-state index >= 15 is 0 Å². The van der Waals surface area contributed by atoms with Crippen LogP contribution in [0.2, 0.25) is 0 Å². The van der Waals surface area contributed by atoms with Crippen LogP contribution in [-0.4, -0.2) is 23.4 Å². The first-order valence-corrected chi connectivity index (χ1v) is 10.6.